The summed E-state index contributed by atoms with van der Waals surface area (Å²) in [5, 5.41) is 12.7. The van der Waals surface area contributed by atoms with E-state index in [0.717, 1.165) is 0 Å². The molecule has 20 aromatic rings. The minimum atomic E-state index is 1.19. The van der Waals surface area contributed by atoms with Crippen molar-refractivity contribution in [2.24, 2.45) is 0 Å². The van der Waals surface area contributed by atoms with Gasteiger partial charge in [-0.15, -0.1) is 0 Å². The number of benzene rings is 20. The van der Waals surface area contributed by atoms with Crippen molar-refractivity contribution in [3.05, 3.63) is 485 Å². The van der Waals surface area contributed by atoms with Gasteiger partial charge in [0, 0.05) is 119 Å². The number of hydrogen-bond acceptors (Lipinski definition) is 5. The number of fused-ring (bicyclic) bond motifs is 5. The Balaban J connectivity index is 0.000000112. The van der Waals surface area contributed by atoms with Crippen LogP contribution in [0.25, 0.3) is 109 Å². The lowest BCUT2D eigenvalue weighted by atomic mass is 9.97. The number of anilines is 10. The van der Waals surface area contributed by atoms with Crippen molar-refractivity contribution in [3.63, 3.8) is 0 Å². The number of nitrogens with zero attached hydrogens (tertiary/aromatic N) is 5. The summed E-state index contributed by atoms with van der Waals surface area (Å²) in [5.41, 5.74) is 24.6. The normalized spacial score (nSPS) is 10.7. The van der Waals surface area contributed by atoms with Crippen molar-refractivity contribution in [3.8, 4) is 55.6 Å². The van der Waals surface area contributed by atoms with E-state index in [1.807, 2.05) is 24.3 Å². The molecule has 0 aliphatic carbocycles. The maximum Gasteiger partial charge on any atom is 0.0494 e. The van der Waals surface area contributed by atoms with Gasteiger partial charge in [0.25, 0.3) is 0 Å². The summed E-state index contributed by atoms with van der Waals surface area (Å²) in [4.78, 5) is 11.2. The first-order valence-corrected chi connectivity index (χ1v) is 41.0. The fourth-order valence-corrected chi connectivity index (χ4v) is 15.9. The fourth-order valence-electron chi connectivity index (χ4n) is 15.9. The third kappa shape index (κ3) is 18.2. The molecule has 0 spiro atoms. The smallest absolute Gasteiger partial charge is 0.0494 e. The zero-order valence-electron chi connectivity index (χ0n) is 68.4. The van der Waals surface area contributed by atoms with Gasteiger partial charge in [-0.2, -0.15) is 0 Å². The Labute approximate surface area is 706 Å². The van der Waals surface area contributed by atoms with Gasteiger partial charge >= 0.3 is 0 Å². The molecule has 0 bridgehead atoms. The summed E-state index contributed by atoms with van der Waals surface area (Å²) in [6, 6.07) is 171. The molecule has 5 heteroatoms. The van der Waals surface area contributed by atoms with E-state index in [9.17, 15) is 0 Å². The van der Waals surface area contributed by atoms with Crippen molar-refractivity contribution >= 4 is 111 Å². The van der Waals surface area contributed by atoms with Crippen molar-refractivity contribution in [1.29, 1.82) is 0 Å². The van der Waals surface area contributed by atoms with Crippen LogP contribution in [0.3, 0.4) is 0 Å². The fraction of sp³-hybridized carbons (Fsp3) is 0.0435. The minimum absolute atomic E-state index is 1.19. The summed E-state index contributed by atoms with van der Waals surface area (Å²) in [7, 11) is 10.6. The van der Waals surface area contributed by atoms with Crippen LogP contribution in [-0.4, -0.2) is 35.2 Å². The standard InChI is InChI=1S/5C23H19N/c1-24(19-12-6-3-7-13-19)23-17-9-15-21-20(14-8-16-22(21)23)18-10-4-2-5-11-18;1-24(21-13-6-3-7-14-21)23-17-20(18-10-4-2-5-11-18)16-19-12-8-9-15-22(19)23;1-24(19-12-6-3-7-13-19)23-17-16-20(18-10-4-2-5-11-18)21-14-8-9-15-22(21)23;1-24(21-12-6-3-7-13-21)23-14-8-11-20-17-19(15-16-22(20)23)18-9-4-2-5-10-18;1-24(21-12-6-3-7-13-21)23-14-8-11-19-15-16-20(17-22(19)23)18-9-4-2-5-10-18/h5*2-17H,1H3. The van der Waals surface area contributed by atoms with Gasteiger partial charge in [0.05, 0.1) is 0 Å². The summed E-state index contributed by atoms with van der Waals surface area (Å²) in [6.45, 7) is 0. The highest BCUT2D eigenvalue weighted by molar-refractivity contribution is 6.07. The molecule has 0 unspecified atom stereocenters. The predicted octanol–water partition coefficient (Wildman–Crippen LogP) is 31.4. The zero-order valence-corrected chi connectivity index (χ0v) is 68.4. The maximum atomic E-state index is 2.29. The summed E-state index contributed by atoms with van der Waals surface area (Å²) in [6.07, 6.45) is 0. The number of hydrogen-bond donors (Lipinski definition) is 0. The van der Waals surface area contributed by atoms with Crippen molar-refractivity contribution in [2.45, 2.75) is 0 Å². The second-order valence-electron chi connectivity index (χ2n) is 29.8. The van der Waals surface area contributed by atoms with Gasteiger partial charge in [0.2, 0.25) is 0 Å². The van der Waals surface area contributed by atoms with Gasteiger partial charge in [-0.25, -0.2) is 0 Å². The predicted molar refractivity (Wildman–Crippen MR) is 519 cm³/mol. The molecule has 0 N–H and O–H groups in total. The topological polar surface area (TPSA) is 16.2 Å². The lowest BCUT2D eigenvalue weighted by Crippen LogP contribution is -2.09. The molecular weight excluding hydrogens is 1450 g/mol. The molecule has 5 nitrogen and oxygen atoms in total. The molecule has 0 atom stereocenters. The lowest BCUT2D eigenvalue weighted by molar-refractivity contribution is 1.22. The molecule has 580 valence electrons. The first-order chi connectivity index (χ1) is 59.2. The summed E-state index contributed by atoms with van der Waals surface area (Å²) in [5.74, 6) is 0. The monoisotopic (exact) mass is 1550 g/mol. The Bertz CT molecular complexity index is 6490. The molecule has 0 radical (unpaired) electrons. The second kappa shape index (κ2) is 38.0. The molecule has 0 amide bonds. The summed E-state index contributed by atoms with van der Waals surface area (Å²) >= 11 is 0. The Morgan fingerprint density at radius 1 is 0.125 bits per heavy atom. The molecule has 20 rings (SSSR count). The van der Waals surface area contributed by atoms with Crippen LogP contribution in [0.15, 0.2) is 485 Å². The first-order valence-electron chi connectivity index (χ1n) is 41.0. The zero-order chi connectivity index (χ0) is 81.8. The second-order valence-corrected chi connectivity index (χ2v) is 29.8. The molecule has 0 heterocycles. The Kier molecular flexibility index (Phi) is 24.9. The quantitative estimate of drug-likeness (QED) is 0.101. The lowest BCUT2D eigenvalue weighted by Gasteiger charge is -2.22. The SMILES string of the molecule is CN(c1ccccc1)c1cc(-c2ccccc2)cc2ccccc12.CN(c1ccccc1)c1ccc(-c2ccccc2)c2ccccc12.CN(c1ccccc1)c1cccc2c(-c3ccccc3)cccc12.CN(c1ccccc1)c1cccc2cc(-c3ccccc3)ccc12.CN(c1ccccc1)c1cccc2ccc(-c3ccccc3)cc12. The van der Waals surface area contributed by atoms with Gasteiger partial charge in [-0.3, -0.25) is 0 Å². The highest BCUT2D eigenvalue weighted by atomic mass is 15.1. The number of para-hydroxylation sites is 5. The Morgan fingerprint density at radius 3 is 0.842 bits per heavy atom. The first kappa shape index (κ1) is 78.6. The Hall–Kier alpha value is -15.3. The molecule has 0 aliphatic rings. The molecule has 0 fully saturated rings. The van der Waals surface area contributed by atoms with Crippen LogP contribution in [-0.2, 0) is 0 Å². The molecule has 0 aromatic heterocycles. The number of rotatable bonds is 15. The van der Waals surface area contributed by atoms with E-state index in [0.29, 0.717) is 0 Å². The van der Waals surface area contributed by atoms with E-state index in [2.05, 4.69) is 521 Å². The molecular formula is C115H95N5. The molecule has 0 saturated carbocycles. The van der Waals surface area contributed by atoms with Gasteiger partial charge < -0.3 is 24.5 Å². The largest absolute Gasteiger partial charge is 0.344 e. The van der Waals surface area contributed by atoms with Crippen LogP contribution in [0.2, 0.25) is 0 Å². The Morgan fingerprint density at radius 2 is 0.392 bits per heavy atom. The third-order valence-electron chi connectivity index (χ3n) is 22.4. The van der Waals surface area contributed by atoms with E-state index in [4.69, 9.17) is 0 Å². The third-order valence-corrected chi connectivity index (χ3v) is 22.4. The molecule has 20 aromatic carbocycles. The van der Waals surface area contributed by atoms with Crippen LogP contribution >= 0.6 is 0 Å². The van der Waals surface area contributed by atoms with Crippen LogP contribution in [0, 0.1) is 0 Å². The van der Waals surface area contributed by atoms with E-state index in [1.165, 1.54) is 166 Å². The van der Waals surface area contributed by atoms with Crippen LogP contribution in [0.1, 0.15) is 0 Å². The average molecular weight is 1550 g/mol. The van der Waals surface area contributed by atoms with Crippen LogP contribution < -0.4 is 24.5 Å². The van der Waals surface area contributed by atoms with Gasteiger partial charge in [-0.05, 0) is 192 Å². The van der Waals surface area contributed by atoms with Crippen molar-refractivity contribution < 1.29 is 0 Å². The van der Waals surface area contributed by atoms with Crippen molar-refractivity contribution in [1.82, 2.24) is 0 Å². The van der Waals surface area contributed by atoms with Crippen LogP contribution in [0.4, 0.5) is 56.9 Å². The minimum Gasteiger partial charge on any atom is -0.344 e. The maximum absolute atomic E-state index is 2.29. The van der Waals surface area contributed by atoms with E-state index >= 15 is 0 Å². The summed E-state index contributed by atoms with van der Waals surface area (Å²) < 4.78 is 0. The van der Waals surface area contributed by atoms with Crippen LogP contribution in [0.5, 0.6) is 0 Å². The van der Waals surface area contributed by atoms with Gasteiger partial charge in [-0.1, -0.05) is 376 Å². The highest BCUT2D eigenvalue weighted by Crippen LogP contribution is 2.42. The molecule has 0 saturated heterocycles. The molecule has 0 aliphatic heterocycles. The van der Waals surface area contributed by atoms with E-state index in [-0.39, 0.29) is 0 Å². The van der Waals surface area contributed by atoms with Gasteiger partial charge in [0.15, 0.2) is 0 Å². The van der Waals surface area contributed by atoms with Crippen molar-refractivity contribution in [2.75, 3.05) is 59.7 Å². The highest BCUT2D eigenvalue weighted by Gasteiger charge is 2.17. The average Bonchev–Trinajstić information content (AvgIpc) is 0.792. The van der Waals surface area contributed by atoms with Gasteiger partial charge in [0.1, 0.15) is 0 Å². The van der Waals surface area contributed by atoms with E-state index < -0.39 is 0 Å². The molecule has 120 heavy (non-hydrogen) atoms. The van der Waals surface area contributed by atoms with E-state index in [1.54, 1.807) is 0 Å².